The molecule has 0 aliphatic rings. The van der Waals surface area contributed by atoms with E-state index >= 15 is 0 Å². The van der Waals surface area contributed by atoms with Crippen molar-refractivity contribution >= 4 is 39.3 Å². The summed E-state index contributed by atoms with van der Waals surface area (Å²) in [5.41, 5.74) is 11.4. The molecular weight excluding hydrogens is 832 g/mol. The summed E-state index contributed by atoms with van der Waals surface area (Å²) in [6, 6.07) is 0.977. The van der Waals surface area contributed by atoms with Gasteiger partial charge in [0.05, 0.1) is 13.2 Å². The van der Waals surface area contributed by atoms with Gasteiger partial charge < -0.3 is 31.5 Å². The van der Waals surface area contributed by atoms with E-state index in [4.69, 9.17) is 15.6 Å². The molecule has 0 radical (unpaired) electrons. The molecule has 0 aliphatic carbocycles. The minimum absolute atomic E-state index is 0. The first-order valence-electron chi connectivity index (χ1n) is 17.0. The molecule has 1 rings (SSSR count). The van der Waals surface area contributed by atoms with Gasteiger partial charge in [0.25, 0.3) is 0 Å². The molecule has 1 atom stereocenters. The fourth-order valence-corrected chi connectivity index (χ4v) is 4.25. The monoisotopic (exact) mass is 899 g/mol. The maximum Gasteiger partial charge on any atom is 0.224 e. The molecule has 276 valence electrons. The second-order valence-electron chi connectivity index (χ2n) is 12.6. The number of halogens is 1. The van der Waals surface area contributed by atoms with E-state index in [1.165, 1.54) is 6.42 Å². The van der Waals surface area contributed by atoms with Crippen molar-refractivity contribution in [3.8, 4) is 0 Å². The third-order valence-corrected chi connectivity index (χ3v) is 7.91. The number of aliphatic hydroxyl groups is 1. The molecule has 3 amide bonds. The van der Waals surface area contributed by atoms with Gasteiger partial charge in [-0.1, -0.05) is 117 Å². The van der Waals surface area contributed by atoms with E-state index in [1.807, 2.05) is 89.2 Å². The Kier molecular flexibility index (Phi) is 33.0. The Balaban J connectivity index is -0.000000739. The van der Waals surface area contributed by atoms with Crippen LogP contribution in [0.5, 0.6) is 0 Å². The average molecular weight is 901 g/mol. The normalized spacial score (nSPS) is 11.1. The van der Waals surface area contributed by atoms with E-state index in [1.54, 1.807) is 0 Å². The Bertz CT molecular complexity index is 1000. The second kappa shape index (κ2) is 29.6. The van der Waals surface area contributed by atoms with Crippen LogP contribution in [0.15, 0.2) is 10.5 Å². The largest absolute Gasteiger partial charge is 0.667 e. The van der Waals surface area contributed by atoms with E-state index in [9.17, 15) is 14.4 Å². The van der Waals surface area contributed by atoms with E-state index in [2.05, 4.69) is 38.8 Å². The molecule has 0 saturated carbocycles. The average Bonchev–Trinajstić information content (AvgIpc) is 3.03. The van der Waals surface area contributed by atoms with Crippen molar-refractivity contribution in [1.29, 1.82) is 0 Å². The smallest absolute Gasteiger partial charge is 0.224 e. The van der Waals surface area contributed by atoms with Crippen LogP contribution < -0.4 is 16.0 Å². The molecule has 9 nitrogen and oxygen atoms in total. The van der Waals surface area contributed by atoms with E-state index < -0.39 is 11.9 Å². The number of carbonyl (C=O) groups excluding carboxylic acids is 3. The number of hydrogen-bond donors (Lipinski definition) is 4. The molecule has 0 bridgehead atoms. The molecule has 1 aromatic rings. The van der Waals surface area contributed by atoms with Crippen LogP contribution in [0.2, 0.25) is 0 Å². The number of amides is 3. The first-order valence-corrected chi connectivity index (χ1v) is 17.8. The Labute approximate surface area is 310 Å². The molecule has 0 fully saturated rings. The third kappa shape index (κ3) is 25.3. The maximum atomic E-state index is 12.5. The van der Waals surface area contributed by atoms with Crippen molar-refractivity contribution in [2.24, 2.45) is 10.8 Å². The van der Waals surface area contributed by atoms with Gasteiger partial charge in [0.15, 0.2) is 0 Å². The molecule has 0 spiro atoms. The molecule has 0 saturated heterocycles. The Morgan fingerprint density at radius 2 is 1.40 bits per heavy atom. The molecule has 11 heteroatoms. The van der Waals surface area contributed by atoms with Crippen molar-refractivity contribution in [2.45, 2.75) is 135 Å². The Morgan fingerprint density at radius 3 is 1.85 bits per heavy atom. The van der Waals surface area contributed by atoms with Crippen molar-refractivity contribution in [1.82, 2.24) is 10.6 Å². The summed E-state index contributed by atoms with van der Waals surface area (Å²) in [6.45, 7) is 28.0. The second-order valence-corrected chi connectivity index (χ2v) is 13.4. The van der Waals surface area contributed by atoms with Gasteiger partial charge in [-0.05, 0) is 43.9 Å². The fourth-order valence-electron chi connectivity index (χ4n) is 3.94. The van der Waals surface area contributed by atoms with Gasteiger partial charge in [-0.2, -0.15) is 0 Å². The minimum Gasteiger partial charge on any atom is -0.667 e. The number of benzene rings is 1. The summed E-state index contributed by atoms with van der Waals surface area (Å²) in [5, 5.41) is 16.8. The summed E-state index contributed by atoms with van der Waals surface area (Å²) in [4.78, 5) is 36.4. The molecule has 0 aromatic heterocycles. The van der Waals surface area contributed by atoms with Gasteiger partial charge in [-0.15, -0.1) is 0 Å². The van der Waals surface area contributed by atoms with Crippen molar-refractivity contribution in [3.63, 3.8) is 0 Å². The summed E-state index contributed by atoms with van der Waals surface area (Å²) in [5.74, 6) is -0.598. The SMILES string of the molecule is CC.CC.CCC(=O)NCC(C)(C)COCC(C)(C)CNC(=O)C([NH-])CCC(=O)Nc1c(C)cc(C)c(Br)c1C.CCCCCO.[W]. The van der Waals surface area contributed by atoms with Crippen LogP contribution in [0.4, 0.5) is 5.69 Å². The molecule has 1 aromatic carbocycles. The summed E-state index contributed by atoms with van der Waals surface area (Å²) < 4.78 is 6.84. The molecule has 5 N–H and O–H groups in total. The van der Waals surface area contributed by atoms with Crippen LogP contribution in [0, 0.1) is 31.6 Å². The van der Waals surface area contributed by atoms with Crippen molar-refractivity contribution in [3.05, 3.63) is 33.0 Å². The van der Waals surface area contributed by atoms with Crippen molar-refractivity contribution in [2.75, 3.05) is 38.2 Å². The van der Waals surface area contributed by atoms with Gasteiger partial charge in [-0.3, -0.25) is 14.4 Å². The quantitative estimate of drug-likeness (QED) is 0.116. The topological polar surface area (TPSA) is 141 Å². The van der Waals surface area contributed by atoms with Gasteiger partial charge >= 0.3 is 0 Å². The van der Waals surface area contributed by atoms with Crippen LogP contribution in [-0.4, -0.2) is 61.8 Å². The van der Waals surface area contributed by atoms with Gasteiger partial charge in [0.2, 0.25) is 17.7 Å². The maximum absolute atomic E-state index is 12.5. The van der Waals surface area contributed by atoms with Crippen LogP contribution >= 0.6 is 15.9 Å². The number of nitrogens with one attached hydrogen (secondary N) is 4. The van der Waals surface area contributed by atoms with Crippen LogP contribution in [0.1, 0.15) is 124 Å². The Morgan fingerprint density at radius 1 is 0.894 bits per heavy atom. The number of ether oxygens (including phenoxy) is 1. The number of hydrogen-bond acceptors (Lipinski definition) is 5. The van der Waals surface area contributed by atoms with E-state index in [0.29, 0.717) is 39.3 Å². The summed E-state index contributed by atoms with van der Waals surface area (Å²) in [6.07, 6.45) is 4.00. The third-order valence-electron chi connectivity index (χ3n) is 6.69. The first kappa shape index (κ1) is 52.5. The molecular formula is C36H68BrN4O5W-. The number of unbranched alkanes of at least 4 members (excludes halogenated alkanes) is 2. The molecule has 0 aliphatic heterocycles. The standard InChI is InChI=1S/C27H44BrN4O4.C5H12O.2C2H6.W/c1-9-21(33)30-13-26(5,6)15-36-16-27(7,8)14-31-25(35)20(29)10-11-22(34)32-24-18(3)12-17(2)23(28)19(24)4;1-2-3-4-5-6;2*1-2;/h12,20,29H,9-11,13-16H2,1-8H3,(H,30,33)(H,31,35)(H,32,34);6H,2-5H2,1H3;2*1-2H3;/q-1;;;;. The van der Waals surface area contributed by atoms with Gasteiger partial charge in [-0.25, -0.2) is 0 Å². The number of aliphatic hydroxyl groups excluding tert-OH is 1. The molecule has 0 heterocycles. The number of aryl methyl sites for hydroxylation is 2. The zero-order chi connectivity index (χ0) is 36.5. The van der Waals surface area contributed by atoms with Gasteiger partial charge in [0, 0.05) is 74.6 Å². The Hall–Kier alpha value is -1.32. The van der Waals surface area contributed by atoms with E-state index in [0.717, 1.165) is 39.7 Å². The molecule has 1 unspecified atom stereocenters. The first-order chi connectivity index (χ1) is 21.5. The predicted octanol–water partition coefficient (Wildman–Crippen LogP) is 8.44. The number of carbonyl (C=O) groups is 3. The summed E-state index contributed by atoms with van der Waals surface area (Å²) >= 11 is 3.55. The zero-order valence-corrected chi connectivity index (χ0v) is 36.3. The van der Waals surface area contributed by atoms with Gasteiger partial charge in [0.1, 0.15) is 0 Å². The molecule has 47 heavy (non-hydrogen) atoms. The number of anilines is 1. The van der Waals surface area contributed by atoms with Crippen LogP contribution in [0.3, 0.4) is 0 Å². The zero-order valence-electron chi connectivity index (χ0n) is 31.8. The van der Waals surface area contributed by atoms with E-state index in [-0.39, 0.29) is 56.6 Å². The minimum atomic E-state index is -1.03. The fraction of sp³-hybridized carbons (Fsp3) is 0.750. The predicted molar refractivity (Wildman–Crippen MR) is 198 cm³/mol. The van der Waals surface area contributed by atoms with Crippen LogP contribution in [-0.2, 0) is 40.2 Å². The number of rotatable bonds is 17. The summed E-state index contributed by atoms with van der Waals surface area (Å²) in [7, 11) is 0. The van der Waals surface area contributed by atoms with Crippen molar-refractivity contribution < 1.29 is 45.3 Å². The van der Waals surface area contributed by atoms with Crippen LogP contribution in [0.25, 0.3) is 5.73 Å².